The summed E-state index contributed by atoms with van der Waals surface area (Å²) in [6.07, 6.45) is -17.8. The molecule has 0 aliphatic rings. The molecule has 0 atom stereocenters. The topological polar surface area (TPSA) is 43.4 Å². The molecule has 0 aliphatic carbocycles. The first-order chi connectivity index (χ1) is 10.8. The highest BCUT2D eigenvalue weighted by Gasteiger charge is 2.69. The molecule has 0 unspecified atom stereocenters. The molecule has 0 saturated heterocycles. The third-order valence-electron chi connectivity index (χ3n) is 2.46. The summed E-state index contributed by atoms with van der Waals surface area (Å²) in [5.41, 5.74) is -4.27. The van der Waals surface area contributed by atoms with Crippen LogP contribution in [0.25, 0.3) is 0 Å². The van der Waals surface area contributed by atoms with Crippen LogP contribution in [0.4, 0.5) is 48.3 Å². The molecule has 144 valence electrons. The molecule has 0 bridgehead atoms. The van der Waals surface area contributed by atoms with Crippen LogP contribution >= 0.6 is 0 Å². The normalized spacial score (nSPS) is 14.5. The number of rotatable bonds is 3. The summed E-state index contributed by atoms with van der Waals surface area (Å²) in [5.74, 6) is -2.38. The maximum Gasteiger partial charge on any atom is 0.475 e. The minimum Gasteiger partial charge on any atom is -0.377 e. The molecule has 0 heterocycles. The van der Waals surface area contributed by atoms with Gasteiger partial charge in [-0.25, -0.2) is 0 Å². The summed E-state index contributed by atoms with van der Waals surface area (Å²) >= 11 is 0. The summed E-state index contributed by atoms with van der Waals surface area (Å²) < 4.78 is 162. The van der Waals surface area contributed by atoms with Crippen molar-refractivity contribution in [1.82, 2.24) is 0 Å². The van der Waals surface area contributed by atoms with Crippen LogP contribution in [0.5, 0.6) is 5.75 Å². The first-order valence-electron chi connectivity index (χ1n) is 5.48. The average Bonchev–Trinajstić information content (AvgIpc) is 2.34. The Morgan fingerprint density at radius 3 is 1.60 bits per heavy atom. The molecule has 0 amide bonds. The molecule has 0 radical (unpaired) electrons. The fourth-order valence-electron chi connectivity index (χ4n) is 1.31. The van der Waals surface area contributed by atoms with Crippen molar-refractivity contribution in [2.45, 2.75) is 23.8 Å². The maximum atomic E-state index is 12.8. The van der Waals surface area contributed by atoms with E-state index in [1.807, 2.05) is 0 Å². The zero-order chi connectivity index (χ0) is 20.1. The van der Waals surface area contributed by atoms with Crippen LogP contribution < -0.4 is 4.18 Å². The Balaban J connectivity index is 3.55. The van der Waals surface area contributed by atoms with Crippen LogP contribution in [0.2, 0.25) is 0 Å². The largest absolute Gasteiger partial charge is 0.475 e. The van der Waals surface area contributed by atoms with Gasteiger partial charge in [-0.2, -0.15) is 56.7 Å². The molecule has 0 N–H and O–H groups in total. The minimum absolute atomic E-state index is 0.190. The standard InChI is InChI=1S/C10H3F11O3S/c11-7(12,13)4-1-2-5(8(14,15)16)6(3-4)24-25(22,23)10(20,21)9(17,18)19/h1-3H. The molecule has 0 saturated carbocycles. The lowest BCUT2D eigenvalue weighted by molar-refractivity contribution is -0.243. The Kier molecular flexibility index (Phi) is 4.99. The van der Waals surface area contributed by atoms with Crippen molar-refractivity contribution in [1.29, 1.82) is 0 Å². The lowest BCUT2D eigenvalue weighted by Crippen LogP contribution is -2.46. The van der Waals surface area contributed by atoms with Crippen LogP contribution in [-0.2, 0) is 22.5 Å². The number of halogens is 11. The van der Waals surface area contributed by atoms with Gasteiger partial charge in [-0.15, -0.1) is 0 Å². The first-order valence-corrected chi connectivity index (χ1v) is 6.88. The molecule has 0 aliphatic heterocycles. The van der Waals surface area contributed by atoms with Gasteiger partial charge in [-0.3, -0.25) is 0 Å². The van der Waals surface area contributed by atoms with E-state index in [-0.39, 0.29) is 12.1 Å². The van der Waals surface area contributed by atoms with Crippen LogP contribution in [0.1, 0.15) is 11.1 Å². The van der Waals surface area contributed by atoms with E-state index in [4.69, 9.17) is 0 Å². The quantitative estimate of drug-likeness (QED) is 0.539. The molecule has 25 heavy (non-hydrogen) atoms. The molecular weight excluding hydrogens is 409 g/mol. The maximum absolute atomic E-state index is 12.8. The highest BCUT2D eigenvalue weighted by molar-refractivity contribution is 7.88. The van der Waals surface area contributed by atoms with E-state index in [1.54, 1.807) is 0 Å². The fraction of sp³-hybridized carbons (Fsp3) is 0.400. The molecule has 15 heteroatoms. The van der Waals surface area contributed by atoms with Crippen molar-refractivity contribution in [2.24, 2.45) is 0 Å². The molecule has 3 nitrogen and oxygen atoms in total. The third kappa shape index (κ3) is 4.24. The van der Waals surface area contributed by atoms with Gasteiger partial charge >= 0.3 is 33.9 Å². The molecule has 1 rings (SSSR count). The molecule has 0 aromatic heterocycles. The van der Waals surface area contributed by atoms with Gasteiger partial charge < -0.3 is 4.18 Å². The third-order valence-corrected chi connectivity index (χ3v) is 3.72. The second kappa shape index (κ2) is 5.88. The summed E-state index contributed by atoms with van der Waals surface area (Å²) in [4.78, 5) is 0. The van der Waals surface area contributed by atoms with Crippen LogP contribution in [0.15, 0.2) is 18.2 Å². The number of benzene rings is 1. The van der Waals surface area contributed by atoms with Gasteiger partial charge in [0.25, 0.3) is 0 Å². The van der Waals surface area contributed by atoms with Crippen molar-refractivity contribution < 1.29 is 60.9 Å². The van der Waals surface area contributed by atoms with Crippen molar-refractivity contribution in [3.63, 3.8) is 0 Å². The Morgan fingerprint density at radius 2 is 1.24 bits per heavy atom. The molecular formula is C10H3F11O3S. The highest BCUT2D eigenvalue weighted by Crippen LogP contribution is 2.44. The van der Waals surface area contributed by atoms with E-state index in [9.17, 15) is 56.7 Å². The van der Waals surface area contributed by atoms with Crippen molar-refractivity contribution in [2.75, 3.05) is 0 Å². The zero-order valence-electron chi connectivity index (χ0n) is 11.0. The highest BCUT2D eigenvalue weighted by atomic mass is 32.2. The average molecular weight is 412 g/mol. The molecule has 0 fully saturated rings. The van der Waals surface area contributed by atoms with Gasteiger partial charge in [0, 0.05) is 0 Å². The van der Waals surface area contributed by atoms with E-state index < -0.39 is 56.8 Å². The Morgan fingerprint density at radius 1 is 0.760 bits per heavy atom. The lowest BCUT2D eigenvalue weighted by atomic mass is 10.1. The predicted molar refractivity (Wildman–Crippen MR) is 57.0 cm³/mol. The van der Waals surface area contributed by atoms with Crippen molar-refractivity contribution in [3.05, 3.63) is 29.3 Å². The van der Waals surface area contributed by atoms with Crippen LogP contribution in [0.3, 0.4) is 0 Å². The molecule has 1 aromatic rings. The smallest absolute Gasteiger partial charge is 0.377 e. The van der Waals surface area contributed by atoms with Gasteiger partial charge in [0.05, 0.1) is 11.1 Å². The lowest BCUT2D eigenvalue weighted by Gasteiger charge is -2.21. The van der Waals surface area contributed by atoms with Gasteiger partial charge in [0.1, 0.15) is 0 Å². The summed E-state index contributed by atoms with van der Waals surface area (Å²) in [6, 6.07) is -1.23. The molecule has 0 spiro atoms. The fourth-order valence-corrected chi connectivity index (χ4v) is 2.08. The van der Waals surface area contributed by atoms with E-state index >= 15 is 0 Å². The predicted octanol–water partition coefficient (Wildman–Crippen LogP) is 4.59. The van der Waals surface area contributed by atoms with Crippen LogP contribution in [0, 0.1) is 0 Å². The monoisotopic (exact) mass is 412 g/mol. The zero-order valence-corrected chi connectivity index (χ0v) is 11.8. The second-order valence-electron chi connectivity index (χ2n) is 4.26. The van der Waals surface area contributed by atoms with Gasteiger partial charge in [0.15, 0.2) is 5.75 Å². The van der Waals surface area contributed by atoms with E-state index in [2.05, 4.69) is 4.18 Å². The number of hydrogen-bond donors (Lipinski definition) is 0. The van der Waals surface area contributed by atoms with Crippen molar-refractivity contribution in [3.8, 4) is 5.75 Å². The summed E-state index contributed by atoms with van der Waals surface area (Å²) in [5, 5.41) is -6.67. The van der Waals surface area contributed by atoms with Gasteiger partial charge in [-0.05, 0) is 18.2 Å². The number of alkyl halides is 11. The summed E-state index contributed by atoms with van der Waals surface area (Å²) in [6.45, 7) is 0. The Labute approximate surface area is 131 Å². The van der Waals surface area contributed by atoms with Crippen molar-refractivity contribution >= 4 is 10.1 Å². The first kappa shape index (κ1) is 21.2. The van der Waals surface area contributed by atoms with Gasteiger partial charge in [-0.1, -0.05) is 0 Å². The van der Waals surface area contributed by atoms with E-state index in [1.165, 1.54) is 0 Å². The molecule has 1 aromatic carbocycles. The van der Waals surface area contributed by atoms with Crippen LogP contribution in [-0.4, -0.2) is 19.8 Å². The Bertz CT molecular complexity index is 743. The Hall–Kier alpha value is -1.80. The summed E-state index contributed by atoms with van der Waals surface area (Å²) in [7, 11) is -7.14. The van der Waals surface area contributed by atoms with E-state index in [0.717, 1.165) is 0 Å². The minimum atomic E-state index is -7.14. The SMILES string of the molecule is O=S(=O)(Oc1cc(C(F)(F)F)ccc1C(F)(F)F)C(F)(F)C(F)(F)F. The second-order valence-corrected chi connectivity index (χ2v) is 5.85. The number of hydrogen-bond acceptors (Lipinski definition) is 3. The van der Waals surface area contributed by atoms with Gasteiger partial charge in [0.2, 0.25) is 0 Å². The van der Waals surface area contributed by atoms with E-state index in [0.29, 0.717) is 0 Å².